The van der Waals surface area contributed by atoms with Gasteiger partial charge in [0.2, 0.25) is 0 Å². The van der Waals surface area contributed by atoms with Crippen LogP contribution in [0.4, 0.5) is 0 Å². The van der Waals surface area contributed by atoms with Crippen molar-refractivity contribution in [3.8, 4) is 0 Å². The highest BCUT2D eigenvalue weighted by Crippen LogP contribution is 2.15. The van der Waals surface area contributed by atoms with Crippen molar-refractivity contribution in [3.05, 3.63) is 0 Å². The molecule has 1 atom stereocenters. The van der Waals surface area contributed by atoms with Crippen molar-refractivity contribution in [3.63, 3.8) is 0 Å². The van der Waals surface area contributed by atoms with E-state index in [4.69, 9.17) is 4.74 Å². The molecule has 17 heavy (non-hydrogen) atoms. The molecule has 102 valence electrons. The normalized spacial score (nSPS) is 13.7. The molecule has 0 spiro atoms. The molecule has 0 fully saturated rings. The maximum absolute atomic E-state index is 11.6. The molecule has 0 saturated heterocycles. The van der Waals surface area contributed by atoms with Gasteiger partial charge in [-0.1, -0.05) is 27.2 Å². The smallest absolute Gasteiger partial charge is 0.135 e. The number of carbonyl (C=O) groups excluding carboxylic acids is 1. The van der Waals surface area contributed by atoms with Gasteiger partial charge < -0.3 is 4.74 Å². The van der Waals surface area contributed by atoms with Gasteiger partial charge in [0.15, 0.2) is 0 Å². The second kappa shape index (κ2) is 8.68. The van der Waals surface area contributed by atoms with Crippen LogP contribution in [0.15, 0.2) is 0 Å². The minimum absolute atomic E-state index is 0.00649. The molecule has 0 aromatic rings. The van der Waals surface area contributed by atoms with Crippen LogP contribution >= 0.6 is 0 Å². The van der Waals surface area contributed by atoms with E-state index in [2.05, 4.69) is 27.7 Å². The van der Waals surface area contributed by atoms with Crippen molar-refractivity contribution in [2.24, 2.45) is 5.92 Å². The third-order valence-corrected chi connectivity index (χ3v) is 3.57. The molecule has 0 amide bonds. The summed E-state index contributed by atoms with van der Waals surface area (Å²) in [5.74, 6) is 0.660. The third-order valence-electron chi connectivity index (χ3n) is 3.57. The molecule has 0 saturated carbocycles. The first kappa shape index (κ1) is 16.6. The maximum Gasteiger partial charge on any atom is 0.135 e. The van der Waals surface area contributed by atoms with Gasteiger partial charge in [0.05, 0.1) is 5.60 Å². The van der Waals surface area contributed by atoms with Crippen molar-refractivity contribution in [2.75, 3.05) is 6.61 Å². The monoisotopic (exact) mass is 242 g/mol. The first-order valence-corrected chi connectivity index (χ1v) is 7.09. The number of rotatable bonds is 10. The van der Waals surface area contributed by atoms with Gasteiger partial charge in [0.25, 0.3) is 0 Å². The van der Waals surface area contributed by atoms with E-state index in [1.807, 2.05) is 6.92 Å². The fourth-order valence-corrected chi connectivity index (χ4v) is 1.50. The lowest BCUT2D eigenvalue weighted by Gasteiger charge is -2.23. The van der Waals surface area contributed by atoms with Crippen LogP contribution in [-0.4, -0.2) is 18.0 Å². The first-order valence-electron chi connectivity index (χ1n) is 7.09. The largest absolute Gasteiger partial charge is 0.376 e. The van der Waals surface area contributed by atoms with Crippen LogP contribution in [0, 0.1) is 5.92 Å². The summed E-state index contributed by atoms with van der Waals surface area (Å²) >= 11 is 0. The molecule has 0 aromatic carbocycles. The summed E-state index contributed by atoms with van der Waals surface area (Å²) in [6, 6.07) is 0. The summed E-state index contributed by atoms with van der Waals surface area (Å²) in [5.41, 5.74) is 0.00649. The Bertz CT molecular complexity index is 209. The minimum Gasteiger partial charge on any atom is -0.376 e. The van der Waals surface area contributed by atoms with Crippen molar-refractivity contribution in [1.82, 2.24) is 0 Å². The molecule has 1 unspecified atom stereocenters. The average Bonchev–Trinajstić information content (AvgIpc) is 2.32. The van der Waals surface area contributed by atoms with Crippen LogP contribution in [0.25, 0.3) is 0 Å². The third kappa shape index (κ3) is 8.37. The van der Waals surface area contributed by atoms with Crippen molar-refractivity contribution < 1.29 is 9.53 Å². The Morgan fingerprint density at radius 2 is 1.82 bits per heavy atom. The highest BCUT2D eigenvalue weighted by Gasteiger charge is 2.14. The van der Waals surface area contributed by atoms with E-state index >= 15 is 0 Å². The van der Waals surface area contributed by atoms with Gasteiger partial charge in [-0.05, 0) is 39.5 Å². The molecular formula is C15H30O2. The van der Waals surface area contributed by atoms with Gasteiger partial charge in [0, 0.05) is 18.9 Å². The average molecular weight is 242 g/mol. The summed E-state index contributed by atoms with van der Waals surface area (Å²) in [6.07, 6.45) is 5.93. The second-order valence-corrected chi connectivity index (χ2v) is 5.55. The molecule has 2 nitrogen and oxygen atoms in total. The minimum atomic E-state index is 0.00649. The van der Waals surface area contributed by atoms with E-state index < -0.39 is 0 Å². The van der Waals surface area contributed by atoms with Gasteiger partial charge >= 0.3 is 0 Å². The fourth-order valence-electron chi connectivity index (χ4n) is 1.50. The Balaban J connectivity index is 3.44. The number of ether oxygens (including phenoxy) is 1. The zero-order chi connectivity index (χ0) is 13.3. The molecule has 0 aliphatic carbocycles. The molecular weight excluding hydrogens is 212 g/mol. The Hall–Kier alpha value is -0.370. The topological polar surface area (TPSA) is 26.3 Å². The molecule has 0 rings (SSSR count). The highest BCUT2D eigenvalue weighted by atomic mass is 16.5. The maximum atomic E-state index is 11.6. The molecule has 0 heterocycles. The van der Waals surface area contributed by atoms with Crippen LogP contribution in [0.5, 0.6) is 0 Å². The van der Waals surface area contributed by atoms with Crippen LogP contribution in [-0.2, 0) is 9.53 Å². The standard InChI is InChI=1S/C15H30O2/c1-6-13(3)14(16)11-9-8-10-12-17-15(4,5)7-2/h13H,6-12H2,1-5H3. The van der Waals surface area contributed by atoms with Crippen LogP contribution in [0.1, 0.15) is 73.1 Å². The van der Waals surface area contributed by atoms with Gasteiger partial charge in [0.1, 0.15) is 5.78 Å². The Labute approximate surface area is 107 Å². The van der Waals surface area contributed by atoms with E-state index in [0.29, 0.717) is 5.78 Å². The van der Waals surface area contributed by atoms with Crippen molar-refractivity contribution >= 4 is 5.78 Å². The summed E-state index contributed by atoms with van der Waals surface area (Å²) in [4.78, 5) is 11.6. The number of ketones is 1. The predicted octanol–water partition coefficient (Wildman–Crippen LogP) is 4.37. The van der Waals surface area contributed by atoms with E-state index in [1.54, 1.807) is 0 Å². The number of carbonyl (C=O) groups is 1. The lowest BCUT2D eigenvalue weighted by Crippen LogP contribution is -2.23. The van der Waals surface area contributed by atoms with E-state index in [9.17, 15) is 4.79 Å². The number of Topliss-reactive ketones (excluding diaryl/α,β-unsaturated/α-hetero) is 1. The molecule has 0 N–H and O–H groups in total. The molecule has 0 aromatic heterocycles. The lowest BCUT2D eigenvalue weighted by atomic mass is 9.99. The number of hydrogen-bond acceptors (Lipinski definition) is 2. The van der Waals surface area contributed by atoms with Gasteiger partial charge in [-0.25, -0.2) is 0 Å². The molecule has 2 heteroatoms. The van der Waals surface area contributed by atoms with Crippen LogP contribution < -0.4 is 0 Å². The molecule has 0 aliphatic rings. The number of hydrogen-bond donors (Lipinski definition) is 0. The van der Waals surface area contributed by atoms with Gasteiger partial charge in [-0.15, -0.1) is 0 Å². The zero-order valence-corrected chi connectivity index (χ0v) is 12.3. The summed E-state index contributed by atoms with van der Waals surface area (Å²) in [5, 5.41) is 0. The van der Waals surface area contributed by atoms with E-state index in [-0.39, 0.29) is 11.5 Å². The van der Waals surface area contributed by atoms with E-state index in [1.165, 1.54) is 0 Å². The second-order valence-electron chi connectivity index (χ2n) is 5.55. The predicted molar refractivity (Wildman–Crippen MR) is 73.3 cm³/mol. The highest BCUT2D eigenvalue weighted by molar-refractivity contribution is 5.80. The van der Waals surface area contributed by atoms with Crippen LogP contribution in [0.3, 0.4) is 0 Å². The Morgan fingerprint density at radius 1 is 1.18 bits per heavy atom. The molecule has 0 bridgehead atoms. The zero-order valence-electron chi connectivity index (χ0n) is 12.3. The van der Waals surface area contributed by atoms with Crippen LogP contribution in [0.2, 0.25) is 0 Å². The molecule has 0 aliphatic heterocycles. The first-order chi connectivity index (χ1) is 7.93. The van der Waals surface area contributed by atoms with Crippen molar-refractivity contribution in [2.45, 2.75) is 78.7 Å². The molecule has 0 radical (unpaired) electrons. The Morgan fingerprint density at radius 3 is 2.35 bits per heavy atom. The summed E-state index contributed by atoms with van der Waals surface area (Å²) < 4.78 is 5.77. The summed E-state index contributed by atoms with van der Waals surface area (Å²) in [7, 11) is 0. The van der Waals surface area contributed by atoms with E-state index in [0.717, 1.165) is 45.1 Å². The lowest BCUT2D eigenvalue weighted by molar-refractivity contribution is -0.122. The Kier molecular flexibility index (Phi) is 8.49. The van der Waals surface area contributed by atoms with Crippen molar-refractivity contribution in [1.29, 1.82) is 0 Å². The number of unbranched alkanes of at least 4 members (excludes halogenated alkanes) is 2. The van der Waals surface area contributed by atoms with Gasteiger partial charge in [-0.3, -0.25) is 4.79 Å². The SMILES string of the molecule is CCC(C)C(=O)CCCCCOC(C)(C)CC. The summed E-state index contributed by atoms with van der Waals surface area (Å²) in [6.45, 7) is 11.3. The quantitative estimate of drug-likeness (QED) is 0.532. The van der Waals surface area contributed by atoms with Gasteiger partial charge in [-0.2, -0.15) is 0 Å². The fraction of sp³-hybridized carbons (Fsp3) is 0.933.